The molecule has 0 saturated heterocycles. The average Bonchev–Trinajstić information content (AvgIpc) is 2.84. The van der Waals surface area contributed by atoms with Gasteiger partial charge in [-0.2, -0.15) is 0 Å². The number of para-hydroxylation sites is 1. The first kappa shape index (κ1) is 10.1. The number of fused-ring (bicyclic) bond motifs is 1. The standard InChI is InChI=1S/C12H14BrN3/c13-9-6-3-7-10-11(9)16(12(14)15-10)8-4-1-2-5-8/h3,6-8H,1-2,4-5H2,(H2,14,15). The van der Waals surface area contributed by atoms with Crippen molar-refractivity contribution in [2.45, 2.75) is 31.7 Å². The van der Waals surface area contributed by atoms with Gasteiger partial charge in [0.25, 0.3) is 0 Å². The van der Waals surface area contributed by atoms with Crippen LogP contribution in [0, 0.1) is 0 Å². The molecule has 0 unspecified atom stereocenters. The summed E-state index contributed by atoms with van der Waals surface area (Å²) in [6.07, 6.45) is 5.04. The highest BCUT2D eigenvalue weighted by atomic mass is 79.9. The minimum atomic E-state index is 0.531. The van der Waals surface area contributed by atoms with Gasteiger partial charge in [0.1, 0.15) is 0 Å². The second-order valence-electron chi connectivity index (χ2n) is 4.39. The lowest BCUT2D eigenvalue weighted by molar-refractivity contribution is 0.539. The Labute approximate surface area is 103 Å². The van der Waals surface area contributed by atoms with Gasteiger partial charge in [-0.1, -0.05) is 18.9 Å². The van der Waals surface area contributed by atoms with Crippen LogP contribution in [0.4, 0.5) is 5.95 Å². The third kappa shape index (κ3) is 1.44. The van der Waals surface area contributed by atoms with Crippen LogP contribution in [0.3, 0.4) is 0 Å². The number of imidazole rings is 1. The molecule has 0 aliphatic heterocycles. The Morgan fingerprint density at radius 2 is 2.06 bits per heavy atom. The summed E-state index contributed by atoms with van der Waals surface area (Å²) in [5.74, 6) is 0.647. The first-order valence-corrected chi connectivity index (χ1v) is 6.48. The van der Waals surface area contributed by atoms with Crippen molar-refractivity contribution in [3.8, 4) is 0 Å². The monoisotopic (exact) mass is 279 g/mol. The number of anilines is 1. The molecule has 3 nitrogen and oxygen atoms in total. The summed E-state index contributed by atoms with van der Waals surface area (Å²) in [4.78, 5) is 4.43. The Morgan fingerprint density at radius 3 is 2.81 bits per heavy atom. The zero-order valence-corrected chi connectivity index (χ0v) is 10.6. The zero-order valence-electron chi connectivity index (χ0n) is 8.99. The van der Waals surface area contributed by atoms with E-state index in [9.17, 15) is 0 Å². The van der Waals surface area contributed by atoms with E-state index in [1.165, 1.54) is 25.7 Å². The molecule has 4 heteroatoms. The van der Waals surface area contributed by atoms with Crippen molar-refractivity contribution in [3.63, 3.8) is 0 Å². The maximum Gasteiger partial charge on any atom is 0.201 e. The molecule has 1 saturated carbocycles. The van der Waals surface area contributed by atoms with E-state index in [0.29, 0.717) is 12.0 Å². The van der Waals surface area contributed by atoms with Gasteiger partial charge in [-0.05, 0) is 40.9 Å². The van der Waals surface area contributed by atoms with Crippen molar-refractivity contribution in [1.82, 2.24) is 9.55 Å². The van der Waals surface area contributed by atoms with Crippen LogP contribution in [0.2, 0.25) is 0 Å². The Morgan fingerprint density at radius 1 is 1.31 bits per heavy atom. The first-order valence-electron chi connectivity index (χ1n) is 5.69. The highest BCUT2D eigenvalue weighted by molar-refractivity contribution is 9.10. The maximum atomic E-state index is 6.03. The van der Waals surface area contributed by atoms with E-state index in [1.54, 1.807) is 0 Å². The number of nitrogens with two attached hydrogens (primary N) is 1. The fraction of sp³-hybridized carbons (Fsp3) is 0.417. The molecular weight excluding hydrogens is 266 g/mol. The van der Waals surface area contributed by atoms with E-state index >= 15 is 0 Å². The zero-order chi connectivity index (χ0) is 11.1. The van der Waals surface area contributed by atoms with Crippen molar-refractivity contribution >= 4 is 32.9 Å². The third-order valence-electron chi connectivity index (χ3n) is 3.38. The minimum absolute atomic E-state index is 0.531. The maximum absolute atomic E-state index is 6.03. The van der Waals surface area contributed by atoms with Gasteiger partial charge in [-0.3, -0.25) is 0 Å². The van der Waals surface area contributed by atoms with Gasteiger partial charge in [0.2, 0.25) is 5.95 Å². The Kier molecular flexibility index (Phi) is 2.39. The number of benzene rings is 1. The summed E-state index contributed by atoms with van der Waals surface area (Å²) in [7, 11) is 0. The fourth-order valence-corrected chi connectivity index (χ4v) is 3.20. The summed E-state index contributed by atoms with van der Waals surface area (Å²) >= 11 is 3.59. The molecule has 0 amide bonds. The molecule has 0 spiro atoms. The number of hydrogen-bond donors (Lipinski definition) is 1. The molecule has 16 heavy (non-hydrogen) atoms. The highest BCUT2D eigenvalue weighted by Crippen LogP contribution is 2.36. The van der Waals surface area contributed by atoms with Crippen LogP contribution in [-0.4, -0.2) is 9.55 Å². The normalized spacial score (nSPS) is 17.3. The molecular formula is C12H14BrN3. The molecule has 0 atom stereocenters. The van der Waals surface area contributed by atoms with Gasteiger partial charge in [0.05, 0.1) is 11.0 Å². The Hall–Kier alpha value is -1.03. The molecule has 1 heterocycles. The predicted octanol–water partition coefficient (Wildman–Crippen LogP) is 3.50. The minimum Gasteiger partial charge on any atom is -0.369 e. The molecule has 1 fully saturated rings. The third-order valence-corrected chi connectivity index (χ3v) is 4.02. The number of rotatable bonds is 1. The van der Waals surface area contributed by atoms with E-state index in [2.05, 4.69) is 31.5 Å². The predicted molar refractivity (Wildman–Crippen MR) is 69.4 cm³/mol. The van der Waals surface area contributed by atoms with Gasteiger partial charge in [-0.15, -0.1) is 0 Å². The van der Waals surface area contributed by atoms with Gasteiger partial charge >= 0.3 is 0 Å². The van der Waals surface area contributed by atoms with Crippen molar-refractivity contribution < 1.29 is 0 Å². The molecule has 0 bridgehead atoms. The lowest BCUT2D eigenvalue weighted by atomic mass is 10.2. The second-order valence-corrected chi connectivity index (χ2v) is 5.24. The van der Waals surface area contributed by atoms with E-state index in [0.717, 1.165) is 15.5 Å². The molecule has 2 aromatic rings. The molecule has 1 aliphatic rings. The number of nitrogen functional groups attached to an aromatic ring is 1. The van der Waals surface area contributed by atoms with Crippen LogP contribution in [0.15, 0.2) is 22.7 Å². The summed E-state index contributed by atoms with van der Waals surface area (Å²) in [6.45, 7) is 0. The first-order chi connectivity index (χ1) is 7.77. The number of nitrogens with zero attached hydrogens (tertiary/aromatic N) is 2. The fourth-order valence-electron chi connectivity index (χ4n) is 2.66. The van der Waals surface area contributed by atoms with Crippen molar-refractivity contribution in [3.05, 3.63) is 22.7 Å². The second kappa shape index (κ2) is 3.77. The van der Waals surface area contributed by atoms with E-state index in [1.807, 2.05) is 12.1 Å². The largest absolute Gasteiger partial charge is 0.369 e. The van der Waals surface area contributed by atoms with Crippen LogP contribution < -0.4 is 5.73 Å². The van der Waals surface area contributed by atoms with Gasteiger partial charge in [-0.25, -0.2) is 4.98 Å². The molecule has 84 valence electrons. The summed E-state index contributed by atoms with van der Waals surface area (Å²) < 4.78 is 3.29. The van der Waals surface area contributed by atoms with Crippen molar-refractivity contribution in [2.75, 3.05) is 5.73 Å². The number of aromatic nitrogens is 2. The van der Waals surface area contributed by atoms with Crippen molar-refractivity contribution in [2.24, 2.45) is 0 Å². The van der Waals surface area contributed by atoms with Crippen LogP contribution in [0.1, 0.15) is 31.7 Å². The summed E-state index contributed by atoms with van der Waals surface area (Å²) in [5.41, 5.74) is 8.16. The van der Waals surface area contributed by atoms with Gasteiger partial charge in [0.15, 0.2) is 0 Å². The van der Waals surface area contributed by atoms with Crippen LogP contribution in [0.25, 0.3) is 11.0 Å². The van der Waals surface area contributed by atoms with Crippen molar-refractivity contribution in [1.29, 1.82) is 0 Å². The highest BCUT2D eigenvalue weighted by Gasteiger charge is 2.22. The summed E-state index contributed by atoms with van der Waals surface area (Å²) in [5, 5.41) is 0. The lowest BCUT2D eigenvalue weighted by Crippen LogP contribution is -2.08. The quantitative estimate of drug-likeness (QED) is 0.868. The van der Waals surface area contributed by atoms with E-state index in [4.69, 9.17) is 5.73 Å². The Balaban J connectivity index is 2.25. The molecule has 1 aromatic carbocycles. The SMILES string of the molecule is Nc1nc2cccc(Br)c2n1C1CCCC1. The van der Waals surface area contributed by atoms with Crippen LogP contribution in [-0.2, 0) is 0 Å². The Bertz CT molecular complexity index is 526. The van der Waals surface area contributed by atoms with Crippen LogP contribution >= 0.6 is 15.9 Å². The van der Waals surface area contributed by atoms with Gasteiger partial charge in [0, 0.05) is 10.5 Å². The number of hydrogen-bond acceptors (Lipinski definition) is 2. The molecule has 2 N–H and O–H groups in total. The smallest absolute Gasteiger partial charge is 0.201 e. The molecule has 3 rings (SSSR count). The molecule has 1 aliphatic carbocycles. The van der Waals surface area contributed by atoms with Gasteiger partial charge < -0.3 is 10.3 Å². The number of halogens is 1. The summed E-state index contributed by atoms with van der Waals surface area (Å²) in [6, 6.07) is 6.60. The van der Waals surface area contributed by atoms with E-state index < -0.39 is 0 Å². The lowest BCUT2D eigenvalue weighted by Gasteiger charge is -2.14. The van der Waals surface area contributed by atoms with Crippen LogP contribution in [0.5, 0.6) is 0 Å². The molecule has 1 aromatic heterocycles. The topological polar surface area (TPSA) is 43.8 Å². The molecule has 0 radical (unpaired) electrons. The van der Waals surface area contributed by atoms with E-state index in [-0.39, 0.29) is 0 Å². The average molecular weight is 280 g/mol.